The van der Waals surface area contributed by atoms with Gasteiger partial charge in [0, 0.05) is 12.6 Å². The third-order valence-electron chi connectivity index (χ3n) is 2.34. The molecule has 1 heterocycles. The minimum Gasteiger partial charge on any atom is -0.338 e. The van der Waals surface area contributed by atoms with Gasteiger partial charge in [-0.15, -0.1) is 0 Å². The Bertz CT molecular complexity index is 207. The van der Waals surface area contributed by atoms with Crippen LogP contribution in [0.15, 0.2) is 0 Å². The normalized spacial score (nSPS) is 18.6. The summed E-state index contributed by atoms with van der Waals surface area (Å²) in [5, 5.41) is 5.94. The van der Waals surface area contributed by atoms with Gasteiger partial charge >= 0.3 is 6.03 Å². The van der Waals surface area contributed by atoms with Gasteiger partial charge in [-0.3, -0.25) is 0 Å². The number of amides is 2. The van der Waals surface area contributed by atoms with Crippen molar-refractivity contribution in [3.05, 3.63) is 0 Å². The molecule has 1 aliphatic heterocycles. The molecular weight excluding hydrogens is 208 g/mol. The van der Waals surface area contributed by atoms with Gasteiger partial charge in [-0.1, -0.05) is 20.8 Å². The summed E-state index contributed by atoms with van der Waals surface area (Å²) in [5.74, 6) is 2.34. The van der Waals surface area contributed by atoms with Crippen LogP contribution >= 0.6 is 11.8 Å². The van der Waals surface area contributed by atoms with E-state index in [0.29, 0.717) is 6.04 Å². The molecule has 3 nitrogen and oxygen atoms in total. The van der Waals surface area contributed by atoms with Crippen LogP contribution in [0.3, 0.4) is 0 Å². The van der Waals surface area contributed by atoms with E-state index in [0.717, 1.165) is 19.4 Å². The van der Waals surface area contributed by atoms with E-state index in [2.05, 4.69) is 31.4 Å². The number of carbonyl (C=O) groups is 1. The molecule has 15 heavy (non-hydrogen) atoms. The molecule has 4 heteroatoms. The minimum atomic E-state index is -0.0122. The van der Waals surface area contributed by atoms with Crippen molar-refractivity contribution in [1.82, 2.24) is 10.6 Å². The van der Waals surface area contributed by atoms with Crippen molar-refractivity contribution in [3.8, 4) is 0 Å². The Kier molecular flexibility index (Phi) is 4.77. The highest BCUT2D eigenvalue weighted by Gasteiger charge is 2.17. The first-order valence-electron chi connectivity index (χ1n) is 5.59. The van der Waals surface area contributed by atoms with E-state index >= 15 is 0 Å². The first-order valence-corrected chi connectivity index (χ1v) is 6.75. The lowest BCUT2D eigenvalue weighted by molar-refractivity contribution is 0.231. The predicted molar refractivity (Wildman–Crippen MR) is 66.3 cm³/mol. The maximum absolute atomic E-state index is 11.5. The summed E-state index contributed by atoms with van der Waals surface area (Å²) in [6.07, 6.45) is 2.21. The molecule has 1 aliphatic rings. The maximum atomic E-state index is 11.5. The second-order valence-electron chi connectivity index (χ2n) is 5.27. The van der Waals surface area contributed by atoms with E-state index in [-0.39, 0.29) is 11.4 Å². The molecule has 0 atom stereocenters. The van der Waals surface area contributed by atoms with Crippen molar-refractivity contribution in [1.29, 1.82) is 0 Å². The van der Waals surface area contributed by atoms with E-state index < -0.39 is 0 Å². The van der Waals surface area contributed by atoms with Gasteiger partial charge in [0.25, 0.3) is 0 Å². The first kappa shape index (κ1) is 12.7. The fraction of sp³-hybridized carbons (Fsp3) is 0.909. The zero-order valence-corrected chi connectivity index (χ0v) is 10.7. The van der Waals surface area contributed by atoms with Crippen LogP contribution in [-0.2, 0) is 0 Å². The lowest BCUT2D eigenvalue weighted by Gasteiger charge is -2.24. The molecule has 88 valence electrons. The zero-order valence-electron chi connectivity index (χ0n) is 9.93. The van der Waals surface area contributed by atoms with Crippen molar-refractivity contribution in [3.63, 3.8) is 0 Å². The average Bonchev–Trinajstić information content (AvgIpc) is 2.15. The largest absolute Gasteiger partial charge is 0.338 e. The lowest BCUT2D eigenvalue weighted by Crippen LogP contribution is -2.45. The second kappa shape index (κ2) is 5.64. The standard InChI is InChI=1S/C11H22N2OS/c1-11(2,3)8-12-10(14)13-9-4-6-15-7-5-9/h9H,4-8H2,1-3H3,(H2,12,13,14). The molecule has 0 saturated carbocycles. The van der Waals surface area contributed by atoms with E-state index in [1.165, 1.54) is 11.5 Å². The Morgan fingerprint density at radius 3 is 2.47 bits per heavy atom. The van der Waals surface area contributed by atoms with Gasteiger partial charge < -0.3 is 10.6 Å². The summed E-state index contributed by atoms with van der Waals surface area (Å²) in [7, 11) is 0. The summed E-state index contributed by atoms with van der Waals surface area (Å²) in [4.78, 5) is 11.5. The number of hydrogen-bond donors (Lipinski definition) is 2. The van der Waals surface area contributed by atoms with Crippen LogP contribution in [0.5, 0.6) is 0 Å². The maximum Gasteiger partial charge on any atom is 0.315 e. The monoisotopic (exact) mass is 230 g/mol. The molecule has 0 radical (unpaired) electrons. The SMILES string of the molecule is CC(C)(C)CNC(=O)NC1CCSCC1. The summed E-state index contributed by atoms with van der Waals surface area (Å²) >= 11 is 1.97. The van der Waals surface area contributed by atoms with Crippen molar-refractivity contribution >= 4 is 17.8 Å². The molecule has 0 spiro atoms. The fourth-order valence-corrected chi connectivity index (χ4v) is 2.53. The van der Waals surface area contributed by atoms with Crippen molar-refractivity contribution in [2.75, 3.05) is 18.1 Å². The molecule has 2 amide bonds. The van der Waals surface area contributed by atoms with Gasteiger partial charge in [0.05, 0.1) is 0 Å². The first-order chi connectivity index (χ1) is 6.97. The molecule has 0 unspecified atom stereocenters. The van der Waals surface area contributed by atoms with Crippen LogP contribution in [0.2, 0.25) is 0 Å². The summed E-state index contributed by atoms with van der Waals surface area (Å²) in [6.45, 7) is 7.07. The highest BCUT2D eigenvalue weighted by molar-refractivity contribution is 7.99. The summed E-state index contributed by atoms with van der Waals surface area (Å²) < 4.78 is 0. The smallest absolute Gasteiger partial charge is 0.315 e. The Morgan fingerprint density at radius 1 is 1.33 bits per heavy atom. The van der Waals surface area contributed by atoms with Gasteiger partial charge in [-0.25, -0.2) is 4.79 Å². The van der Waals surface area contributed by atoms with Gasteiger partial charge in [0.2, 0.25) is 0 Å². The molecule has 1 saturated heterocycles. The highest BCUT2D eigenvalue weighted by Crippen LogP contribution is 2.16. The van der Waals surface area contributed by atoms with Crippen LogP contribution in [0.4, 0.5) is 4.79 Å². The third kappa shape index (κ3) is 5.92. The van der Waals surface area contributed by atoms with Crippen LogP contribution in [0.1, 0.15) is 33.6 Å². The van der Waals surface area contributed by atoms with E-state index in [1.807, 2.05) is 11.8 Å². The molecule has 1 fully saturated rings. The zero-order chi connectivity index (χ0) is 11.3. The third-order valence-corrected chi connectivity index (χ3v) is 3.38. The minimum absolute atomic E-state index is 0.0122. The van der Waals surface area contributed by atoms with Gasteiger partial charge in [0.15, 0.2) is 0 Å². The number of hydrogen-bond acceptors (Lipinski definition) is 2. The Balaban J connectivity index is 2.17. The highest BCUT2D eigenvalue weighted by atomic mass is 32.2. The van der Waals surface area contributed by atoms with Crippen LogP contribution < -0.4 is 10.6 Å². The quantitative estimate of drug-likeness (QED) is 0.764. The van der Waals surface area contributed by atoms with Crippen LogP contribution in [0.25, 0.3) is 0 Å². The Labute approximate surface area is 96.8 Å². The average molecular weight is 230 g/mol. The molecule has 0 aromatic heterocycles. The van der Waals surface area contributed by atoms with E-state index in [4.69, 9.17) is 0 Å². The summed E-state index contributed by atoms with van der Waals surface area (Å²) in [5.41, 5.74) is 0.153. The Hall–Kier alpha value is -0.380. The molecule has 0 aromatic rings. The van der Waals surface area contributed by atoms with Gasteiger partial charge in [0.1, 0.15) is 0 Å². The number of rotatable bonds is 2. The second-order valence-corrected chi connectivity index (χ2v) is 6.50. The topological polar surface area (TPSA) is 41.1 Å². The predicted octanol–water partition coefficient (Wildman–Crippen LogP) is 2.23. The molecule has 0 aliphatic carbocycles. The van der Waals surface area contributed by atoms with Crippen molar-refractivity contribution in [2.24, 2.45) is 5.41 Å². The van der Waals surface area contributed by atoms with Gasteiger partial charge in [-0.2, -0.15) is 11.8 Å². The number of thioether (sulfide) groups is 1. The molecule has 0 bridgehead atoms. The number of carbonyl (C=O) groups excluding carboxylic acids is 1. The van der Waals surface area contributed by atoms with E-state index in [1.54, 1.807) is 0 Å². The molecule has 0 aromatic carbocycles. The van der Waals surface area contributed by atoms with Crippen LogP contribution in [-0.4, -0.2) is 30.1 Å². The van der Waals surface area contributed by atoms with E-state index in [9.17, 15) is 4.79 Å². The molecular formula is C11H22N2OS. The lowest BCUT2D eigenvalue weighted by atomic mass is 9.97. The van der Waals surface area contributed by atoms with Crippen molar-refractivity contribution in [2.45, 2.75) is 39.7 Å². The van der Waals surface area contributed by atoms with Gasteiger partial charge in [-0.05, 0) is 29.8 Å². The molecule has 1 rings (SSSR count). The number of nitrogens with one attached hydrogen (secondary N) is 2. The van der Waals surface area contributed by atoms with Crippen LogP contribution in [0, 0.1) is 5.41 Å². The van der Waals surface area contributed by atoms with Crippen molar-refractivity contribution < 1.29 is 4.79 Å². The summed E-state index contributed by atoms with van der Waals surface area (Å²) in [6, 6.07) is 0.369. The number of urea groups is 1. The molecule has 2 N–H and O–H groups in total. The fourth-order valence-electron chi connectivity index (χ4n) is 1.42. The Morgan fingerprint density at radius 2 is 1.93 bits per heavy atom.